The van der Waals surface area contributed by atoms with E-state index in [9.17, 15) is 0 Å². The molecule has 1 aliphatic rings. The van der Waals surface area contributed by atoms with Crippen LogP contribution in [0.25, 0.3) is 0 Å². The van der Waals surface area contributed by atoms with Crippen LogP contribution in [0, 0.1) is 5.92 Å². The van der Waals surface area contributed by atoms with Crippen LogP contribution >= 0.6 is 0 Å². The molecule has 0 saturated carbocycles. The Bertz CT molecular complexity index is 376. The molecule has 0 N–H and O–H groups in total. The molecule has 19 heavy (non-hydrogen) atoms. The van der Waals surface area contributed by atoms with Gasteiger partial charge in [0.1, 0.15) is 5.82 Å². The zero-order valence-corrected chi connectivity index (χ0v) is 12.5. The summed E-state index contributed by atoms with van der Waals surface area (Å²) in [6.07, 6.45) is 6.18. The average molecular weight is 262 g/mol. The van der Waals surface area contributed by atoms with E-state index in [2.05, 4.69) is 40.7 Å². The summed E-state index contributed by atoms with van der Waals surface area (Å²) in [6.45, 7) is 10.2. The lowest BCUT2D eigenvalue weighted by atomic mass is 10.1. The number of aryl methyl sites for hydroxylation is 1. The van der Waals surface area contributed by atoms with Crippen LogP contribution in [0.1, 0.15) is 31.7 Å². The molecule has 1 saturated heterocycles. The molecule has 0 amide bonds. The van der Waals surface area contributed by atoms with E-state index in [1.54, 1.807) is 0 Å². The van der Waals surface area contributed by atoms with Crippen molar-refractivity contribution in [1.29, 1.82) is 0 Å². The van der Waals surface area contributed by atoms with Crippen molar-refractivity contribution in [2.75, 3.05) is 33.2 Å². The summed E-state index contributed by atoms with van der Waals surface area (Å²) in [7, 11) is 2.20. The molecule has 2 heterocycles. The van der Waals surface area contributed by atoms with Crippen molar-refractivity contribution in [3.05, 3.63) is 23.8 Å². The van der Waals surface area contributed by atoms with E-state index in [-0.39, 0.29) is 0 Å². The molecular weight excluding hydrogens is 236 g/mol. The molecular formula is C15H26N4. The van der Waals surface area contributed by atoms with Crippen molar-refractivity contribution < 1.29 is 0 Å². The first kappa shape index (κ1) is 14.4. The minimum atomic E-state index is 0.820. The topological polar surface area (TPSA) is 32.3 Å². The van der Waals surface area contributed by atoms with Crippen LogP contribution in [-0.2, 0) is 13.0 Å². The highest BCUT2D eigenvalue weighted by Gasteiger charge is 2.22. The van der Waals surface area contributed by atoms with Gasteiger partial charge in [0, 0.05) is 44.0 Å². The SMILES string of the molecule is CCc1ncc(CN(C)CC2CCN(CC)C2)cn1. The predicted molar refractivity (Wildman–Crippen MR) is 78.0 cm³/mol. The van der Waals surface area contributed by atoms with Crippen molar-refractivity contribution in [2.24, 2.45) is 5.92 Å². The van der Waals surface area contributed by atoms with Gasteiger partial charge in [-0.3, -0.25) is 0 Å². The highest BCUT2D eigenvalue weighted by Crippen LogP contribution is 2.17. The minimum absolute atomic E-state index is 0.820. The molecule has 106 valence electrons. The summed E-state index contributed by atoms with van der Waals surface area (Å²) in [5.74, 6) is 1.75. The second-order valence-corrected chi connectivity index (χ2v) is 5.61. The number of rotatable bonds is 6. The summed E-state index contributed by atoms with van der Waals surface area (Å²) in [5, 5.41) is 0. The number of hydrogen-bond donors (Lipinski definition) is 0. The molecule has 0 bridgehead atoms. The van der Waals surface area contributed by atoms with Crippen LogP contribution in [0.15, 0.2) is 12.4 Å². The maximum absolute atomic E-state index is 4.36. The van der Waals surface area contributed by atoms with E-state index >= 15 is 0 Å². The molecule has 4 heteroatoms. The standard InChI is InChI=1S/C15H26N4/c1-4-15-16-8-14(9-17-15)11-18(3)10-13-6-7-19(5-2)12-13/h8-9,13H,4-7,10-12H2,1-3H3. The highest BCUT2D eigenvalue weighted by atomic mass is 15.2. The van der Waals surface area contributed by atoms with Gasteiger partial charge in [0.2, 0.25) is 0 Å². The van der Waals surface area contributed by atoms with Crippen LogP contribution in [0.3, 0.4) is 0 Å². The normalized spacial score (nSPS) is 20.3. The summed E-state index contributed by atoms with van der Waals surface area (Å²) in [5.41, 5.74) is 1.21. The van der Waals surface area contributed by atoms with Crippen LogP contribution in [0.5, 0.6) is 0 Å². The first-order valence-corrected chi connectivity index (χ1v) is 7.42. The second kappa shape index (κ2) is 6.96. The molecule has 1 fully saturated rings. The van der Waals surface area contributed by atoms with Crippen molar-refractivity contribution in [3.8, 4) is 0 Å². The lowest BCUT2D eigenvalue weighted by molar-refractivity contribution is 0.260. The lowest BCUT2D eigenvalue weighted by Gasteiger charge is -2.21. The third-order valence-corrected chi connectivity index (χ3v) is 3.91. The molecule has 1 atom stereocenters. The molecule has 0 spiro atoms. The van der Waals surface area contributed by atoms with Gasteiger partial charge in [-0.2, -0.15) is 0 Å². The third-order valence-electron chi connectivity index (χ3n) is 3.91. The smallest absolute Gasteiger partial charge is 0.127 e. The molecule has 1 aromatic rings. The molecule has 0 radical (unpaired) electrons. The Morgan fingerprint density at radius 3 is 2.63 bits per heavy atom. The van der Waals surface area contributed by atoms with Gasteiger partial charge in [0.25, 0.3) is 0 Å². The first-order valence-electron chi connectivity index (χ1n) is 7.42. The van der Waals surface area contributed by atoms with E-state index in [1.165, 1.54) is 38.2 Å². The quantitative estimate of drug-likeness (QED) is 0.783. The molecule has 4 nitrogen and oxygen atoms in total. The van der Waals surface area contributed by atoms with Gasteiger partial charge in [-0.1, -0.05) is 13.8 Å². The van der Waals surface area contributed by atoms with E-state index in [0.29, 0.717) is 0 Å². The van der Waals surface area contributed by atoms with Gasteiger partial charge in [-0.05, 0) is 32.5 Å². The first-order chi connectivity index (χ1) is 9.21. The van der Waals surface area contributed by atoms with Crippen molar-refractivity contribution in [2.45, 2.75) is 33.2 Å². The Hall–Kier alpha value is -1.00. The molecule has 0 aliphatic carbocycles. The number of likely N-dealkylation sites (tertiary alicyclic amines) is 1. The number of hydrogen-bond acceptors (Lipinski definition) is 4. The van der Waals surface area contributed by atoms with Crippen molar-refractivity contribution in [3.63, 3.8) is 0 Å². The number of aromatic nitrogens is 2. The van der Waals surface area contributed by atoms with Crippen LogP contribution < -0.4 is 0 Å². The Balaban J connectivity index is 1.78. The zero-order valence-electron chi connectivity index (χ0n) is 12.5. The molecule has 2 rings (SSSR count). The van der Waals surface area contributed by atoms with Gasteiger partial charge in [0.15, 0.2) is 0 Å². The summed E-state index contributed by atoms with van der Waals surface area (Å²) in [6, 6.07) is 0. The van der Waals surface area contributed by atoms with Crippen molar-refractivity contribution >= 4 is 0 Å². The van der Waals surface area contributed by atoms with Gasteiger partial charge >= 0.3 is 0 Å². The zero-order chi connectivity index (χ0) is 13.7. The largest absolute Gasteiger partial charge is 0.303 e. The van der Waals surface area contributed by atoms with E-state index in [0.717, 1.165) is 24.7 Å². The average Bonchev–Trinajstić information content (AvgIpc) is 2.87. The minimum Gasteiger partial charge on any atom is -0.303 e. The summed E-state index contributed by atoms with van der Waals surface area (Å²) >= 11 is 0. The lowest BCUT2D eigenvalue weighted by Crippen LogP contribution is -2.28. The van der Waals surface area contributed by atoms with Gasteiger partial charge < -0.3 is 9.80 Å². The van der Waals surface area contributed by atoms with Gasteiger partial charge in [-0.25, -0.2) is 9.97 Å². The summed E-state index contributed by atoms with van der Waals surface area (Å²) in [4.78, 5) is 13.7. The Labute approximate surface area is 116 Å². The van der Waals surface area contributed by atoms with Crippen LogP contribution in [-0.4, -0.2) is 53.0 Å². The monoisotopic (exact) mass is 262 g/mol. The van der Waals surface area contributed by atoms with Crippen LogP contribution in [0.2, 0.25) is 0 Å². The fourth-order valence-electron chi connectivity index (χ4n) is 2.81. The Morgan fingerprint density at radius 1 is 1.32 bits per heavy atom. The maximum Gasteiger partial charge on any atom is 0.127 e. The highest BCUT2D eigenvalue weighted by molar-refractivity contribution is 5.05. The van der Waals surface area contributed by atoms with Gasteiger partial charge in [-0.15, -0.1) is 0 Å². The van der Waals surface area contributed by atoms with Crippen LogP contribution in [0.4, 0.5) is 0 Å². The van der Waals surface area contributed by atoms with Gasteiger partial charge in [0.05, 0.1) is 0 Å². The third kappa shape index (κ3) is 4.25. The van der Waals surface area contributed by atoms with E-state index in [4.69, 9.17) is 0 Å². The molecule has 0 aromatic carbocycles. The molecule has 1 aromatic heterocycles. The Morgan fingerprint density at radius 2 is 2.05 bits per heavy atom. The number of nitrogens with zero attached hydrogens (tertiary/aromatic N) is 4. The van der Waals surface area contributed by atoms with E-state index in [1.807, 2.05) is 12.4 Å². The maximum atomic E-state index is 4.36. The predicted octanol–water partition coefficient (Wildman–Crippen LogP) is 1.81. The fraction of sp³-hybridized carbons (Fsp3) is 0.733. The van der Waals surface area contributed by atoms with E-state index < -0.39 is 0 Å². The summed E-state index contributed by atoms with van der Waals surface area (Å²) < 4.78 is 0. The fourth-order valence-corrected chi connectivity index (χ4v) is 2.81. The van der Waals surface area contributed by atoms with Crippen molar-refractivity contribution in [1.82, 2.24) is 19.8 Å². The molecule has 1 unspecified atom stereocenters. The molecule has 1 aliphatic heterocycles. The second-order valence-electron chi connectivity index (χ2n) is 5.61. The Kier molecular flexibility index (Phi) is 5.28.